The fraction of sp³-hybridized carbons (Fsp3) is 0.400. The van der Waals surface area contributed by atoms with Crippen LogP contribution in [0.1, 0.15) is 39.9 Å². The molecule has 1 aliphatic rings. The summed E-state index contributed by atoms with van der Waals surface area (Å²) >= 11 is 0. The molecule has 1 fully saturated rings. The van der Waals surface area contributed by atoms with Crippen LogP contribution in [-0.2, 0) is 0 Å². The summed E-state index contributed by atoms with van der Waals surface area (Å²) in [4.78, 5) is 36.3. The lowest BCUT2D eigenvalue weighted by molar-refractivity contribution is 0.0789. The monoisotopic (exact) mass is 286 g/mol. The highest BCUT2D eigenvalue weighted by atomic mass is 16.2. The number of carbonyl (C=O) groups is 1. The van der Waals surface area contributed by atoms with Crippen LogP contribution in [0.2, 0.25) is 0 Å². The van der Waals surface area contributed by atoms with Gasteiger partial charge in [-0.1, -0.05) is 0 Å². The molecule has 1 saturated heterocycles. The largest absolute Gasteiger partial charge is 0.346 e. The molecular formula is C15H18N4O2. The number of nitrogens with one attached hydrogen (secondary N) is 2. The van der Waals surface area contributed by atoms with Gasteiger partial charge in [0.15, 0.2) is 0 Å². The first kappa shape index (κ1) is 13.6. The van der Waals surface area contributed by atoms with Gasteiger partial charge in [-0.15, -0.1) is 0 Å². The topological polar surface area (TPSA) is 81.8 Å². The van der Waals surface area contributed by atoms with Crippen molar-refractivity contribution < 1.29 is 4.79 Å². The van der Waals surface area contributed by atoms with Crippen LogP contribution in [0.5, 0.6) is 0 Å². The minimum absolute atomic E-state index is 0.205. The minimum Gasteiger partial charge on any atom is -0.346 e. The van der Waals surface area contributed by atoms with Crippen LogP contribution in [0.3, 0.4) is 0 Å². The molecule has 0 saturated carbocycles. The van der Waals surface area contributed by atoms with Gasteiger partial charge >= 0.3 is 0 Å². The zero-order chi connectivity index (χ0) is 15.0. The Hall–Kier alpha value is -2.37. The number of likely N-dealkylation sites (tertiary alicyclic amines) is 1. The standard InChI is InChI=1S/C15H18N4O2/c1-9-3-4-12(14(20)18-9)15(21)19-6-5-11(8-19)13-16-7-10(2)17-13/h3-4,7,11H,5-6,8H2,1-2H3,(H,16,17)(H,18,20)/t11-/m1/s1. The summed E-state index contributed by atoms with van der Waals surface area (Å²) in [6.07, 6.45) is 2.66. The number of rotatable bonds is 2. The fourth-order valence-electron chi connectivity index (χ4n) is 2.72. The lowest BCUT2D eigenvalue weighted by Gasteiger charge is -2.15. The number of aryl methyl sites for hydroxylation is 2. The molecule has 1 aliphatic heterocycles. The Labute approximate surface area is 122 Å². The van der Waals surface area contributed by atoms with Gasteiger partial charge < -0.3 is 14.9 Å². The molecule has 0 unspecified atom stereocenters. The van der Waals surface area contributed by atoms with Gasteiger partial charge in [0.25, 0.3) is 11.5 Å². The molecule has 0 spiro atoms. The van der Waals surface area contributed by atoms with Crippen LogP contribution in [0.4, 0.5) is 0 Å². The molecule has 110 valence electrons. The van der Waals surface area contributed by atoms with Crippen LogP contribution in [0.15, 0.2) is 23.1 Å². The highest BCUT2D eigenvalue weighted by Gasteiger charge is 2.30. The predicted molar refractivity (Wildman–Crippen MR) is 78.4 cm³/mol. The summed E-state index contributed by atoms with van der Waals surface area (Å²) in [5, 5.41) is 0. The van der Waals surface area contributed by atoms with E-state index >= 15 is 0 Å². The molecule has 2 aromatic heterocycles. The molecule has 0 radical (unpaired) electrons. The Balaban J connectivity index is 1.76. The van der Waals surface area contributed by atoms with Gasteiger partial charge in [0.05, 0.1) is 0 Å². The van der Waals surface area contributed by atoms with E-state index in [9.17, 15) is 9.59 Å². The van der Waals surface area contributed by atoms with Crippen LogP contribution in [0.25, 0.3) is 0 Å². The number of H-pyrrole nitrogens is 2. The third-order valence-electron chi connectivity index (χ3n) is 3.87. The van der Waals surface area contributed by atoms with E-state index in [0.29, 0.717) is 13.1 Å². The second kappa shape index (κ2) is 5.20. The van der Waals surface area contributed by atoms with Gasteiger partial charge in [-0.05, 0) is 32.4 Å². The predicted octanol–water partition coefficient (Wildman–Crippen LogP) is 1.34. The van der Waals surface area contributed by atoms with E-state index in [4.69, 9.17) is 0 Å². The molecule has 0 bridgehead atoms. The van der Waals surface area contributed by atoms with E-state index in [-0.39, 0.29) is 22.9 Å². The number of imidazole rings is 1. The SMILES string of the molecule is Cc1cnc([C@@H]2CCN(C(=O)c3ccc(C)[nH]c3=O)C2)[nH]1. The average molecular weight is 286 g/mol. The quantitative estimate of drug-likeness (QED) is 0.874. The number of carbonyl (C=O) groups excluding carboxylic acids is 1. The maximum atomic E-state index is 12.4. The molecule has 21 heavy (non-hydrogen) atoms. The van der Waals surface area contributed by atoms with E-state index in [1.807, 2.05) is 6.92 Å². The van der Waals surface area contributed by atoms with Crippen LogP contribution in [0, 0.1) is 13.8 Å². The van der Waals surface area contributed by atoms with Crippen molar-refractivity contribution in [3.63, 3.8) is 0 Å². The van der Waals surface area contributed by atoms with Gasteiger partial charge in [-0.3, -0.25) is 9.59 Å². The van der Waals surface area contributed by atoms with Crippen LogP contribution < -0.4 is 5.56 Å². The summed E-state index contributed by atoms with van der Waals surface area (Å²) < 4.78 is 0. The van der Waals surface area contributed by atoms with E-state index in [1.54, 1.807) is 30.2 Å². The fourth-order valence-corrected chi connectivity index (χ4v) is 2.72. The Morgan fingerprint density at radius 3 is 2.76 bits per heavy atom. The number of hydrogen-bond donors (Lipinski definition) is 2. The first-order chi connectivity index (χ1) is 10.0. The van der Waals surface area contributed by atoms with E-state index in [0.717, 1.165) is 23.6 Å². The maximum Gasteiger partial charge on any atom is 0.260 e. The number of aromatic nitrogens is 3. The second-order valence-corrected chi connectivity index (χ2v) is 5.57. The Morgan fingerprint density at radius 2 is 2.10 bits per heavy atom. The summed E-state index contributed by atoms with van der Waals surface area (Å²) in [6.45, 7) is 5.00. The lowest BCUT2D eigenvalue weighted by Crippen LogP contribution is -2.33. The van der Waals surface area contributed by atoms with E-state index in [1.165, 1.54) is 0 Å². The van der Waals surface area contributed by atoms with Crippen molar-refractivity contribution in [1.29, 1.82) is 0 Å². The van der Waals surface area contributed by atoms with Crippen molar-refractivity contribution in [3.8, 4) is 0 Å². The molecule has 1 atom stereocenters. The van der Waals surface area contributed by atoms with Gasteiger partial charge in [0.2, 0.25) is 0 Å². The number of hydrogen-bond acceptors (Lipinski definition) is 3. The molecule has 6 nitrogen and oxygen atoms in total. The first-order valence-corrected chi connectivity index (χ1v) is 7.05. The van der Waals surface area contributed by atoms with Gasteiger partial charge in [0, 0.05) is 36.6 Å². The summed E-state index contributed by atoms with van der Waals surface area (Å²) in [5.74, 6) is 0.926. The second-order valence-electron chi connectivity index (χ2n) is 5.57. The van der Waals surface area contributed by atoms with Gasteiger partial charge in [-0.2, -0.15) is 0 Å². The number of nitrogens with zero attached hydrogens (tertiary/aromatic N) is 2. The summed E-state index contributed by atoms with van der Waals surface area (Å²) in [7, 11) is 0. The normalized spacial score (nSPS) is 18.2. The molecule has 0 aromatic carbocycles. The van der Waals surface area contributed by atoms with Crippen molar-refractivity contribution in [3.05, 3.63) is 51.5 Å². The Kier molecular flexibility index (Phi) is 3.37. The van der Waals surface area contributed by atoms with E-state index in [2.05, 4.69) is 15.0 Å². The summed E-state index contributed by atoms with van der Waals surface area (Å²) in [6, 6.07) is 3.35. The molecule has 3 rings (SSSR count). The summed E-state index contributed by atoms with van der Waals surface area (Å²) in [5.41, 5.74) is 1.65. The van der Waals surface area contributed by atoms with Crippen LogP contribution in [-0.4, -0.2) is 38.8 Å². The Bertz CT molecular complexity index is 731. The third-order valence-corrected chi connectivity index (χ3v) is 3.87. The lowest BCUT2D eigenvalue weighted by atomic mass is 10.1. The minimum atomic E-state index is -0.322. The maximum absolute atomic E-state index is 12.4. The molecule has 2 aromatic rings. The van der Waals surface area contributed by atoms with Crippen molar-refractivity contribution in [2.24, 2.45) is 0 Å². The first-order valence-electron chi connectivity index (χ1n) is 7.05. The molecular weight excluding hydrogens is 268 g/mol. The average Bonchev–Trinajstić information content (AvgIpc) is 3.06. The number of amides is 1. The van der Waals surface area contributed by atoms with Crippen molar-refractivity contribution >= 4 is 5.91 Å². The molecule has 3 heterocycles. The van der Waals surface area contributed by atoms with Crippen molar-refractivity contribution in [2.45, 2.75) is 26.2 Å². The molecule has 1 amide bonds. The number of aromatic amines is 2. The molecule has 6 heteroatoms. The van der Waals surface area contributed by atoms with Gasteiger partial charge in [0.1, 0.15) is 11.4 Å². The third kappa shape index (κ3) is 2.61. The molecule has 2 N–H and O–H groups in total. The Morgan fingerprint density at radius 1 is 1.29 bits per heavy atom. The number of pyridine rings is 1. The van der Waals surface area contributed by atoms with Crippen molar-refractivity contribution in [2.75, 3.05) is 13.1 Å². The highest BCUT2D eigenvalue weighted by Crippen LogP contribution is 2.25. The van der Waals surface area contributed by atoms with Crippen molar-refractivity contribution in [1.82, 2.24) is 19.9 Å². The highest BCUT2D eigenvalue weighted by molar-refractivity contribution is 5.94. The van der Waals surface area contributed by atoms with Gasteiger partial charge in [-0.25, -0.2) is 4.98 Å². The van der Waals surface area contributed by atoms with E-state index < -0.39 is 0 Å². The molecule has 0 aliphatic carbocycles. The van der Waals surface area contributed by atoms with Crippen LogP contribution >= 0.6 is 0 Å². The zero-order valence-electron chi connectivity index (χ0n) is 12.1. The smallest absolute Gasteiger partial charge is 0.260 e. The zero-order valence-corrected chi connectivity index (χ0v) is 12.1.